The van der Waals surface area contributed by atoms with Crippen molar-refractivity contribution in [2.24, 2.45) is 0 Å². The van der Waals surface area contributed by atoms with Gasteiger partial charge in [0.05, 0.1) is 26.2 Å². The van der Waals surface area contributed by atoms with Gasteiger partial charge in [0.25, 0.3) is 0 Å². The minimum atomic E-state index is -1.03. The minimum Gasteiger partial charge on any atom is -0.550 e. The lowest BCUT2D eigenvalue weighted by Crippen LogP contribution is -2.51. The highest BCUT2D eigenvalue weighted by atomic mass is 16.4. The fraction of sp³-hybridized carbons (Fsp3) is 0.800. The number of carboxylic acid groups (broad SMARTS) is 3. The number of nitrogens with zero attached hydrogens (tertiary/aromatic N) is 1. The highest BCUT2D eigenvalue weighted by Crippen LogP contribution is 2.18. The summed E-state index contributed by atoms with van der Waals surface area (Å²) < 4.78 is 0.815. The Hall–Kier alpha value is -1.89. The van der Waals surface area contributed by atoms with E-state index in [4.69, 9.17) is 10.2 Å². The monoisotopic (exact) mass is 455 g/mol. The average Bonchev–Trinajstić information content (AvgIpc) is 2.73. The first kappa shape index (κ1) is 30.1. The van der Waals surface area contributed by atoms with Crippen LogP contribution < -0.4 is 5.11 Å². The van der Waals surface area contributed by atoms with Crippen LogP contribution >= 0.6 is 0 Å². The molecule has 0 unspecified atom stereocenters. The Morgan fingerprint density at radius 2 is 1.09 bits per heavy atom. The first-order valence-electron chi connectivity index (χ1n) is 12.4. The van der Waals surface area contributed by atoms with E-state index in [1.807, 2.05) is 0 Å². The van der Waals surface area contributed by atoms with E-state index in [1.165, 1.54) is 19.3 Å². The number of rotatable bonds is 23. The number of hydrogen-bond donors (Lipinski definition) is 2. The van der Waals surface area contributed by atoms with E-state index in [1.54, 1.807) is 0 Å². The van der Waals surface area contributed by atoms with Crippen LogP contribution in [0.15, 0.2) is 12.2 Å². The Balaban J connectivity index is 4.92. The van der Waals surface area contributed by atoms with Crippen molar-refractivity contribution in [3.8, 4) is 0 Å². The van der Waals surface area contributed by atoms with Crippen LogP contribution in [0.1, 0.15) is 103 Å². The molecule has 0 amide bonds. The molecule has 0 aliphatic heterocycles. The van der Waals surface area contributed by atoms with Crippen LogP contribution in [-0.4, -0.2) is 58.8 Å². The van der Waals surface area contributed by atoms with Crippen LogP contribution in [0.2, 0.25) is 0 Å². The number of carbonyl (C=O) groups is 3. The number of aliphatic carboxylic acids is 3. The molecule has 7 heteroatoms. The number of hydrogen-bond acceptors (Lipinski definition) is 4. The lowest BCUT2D eigenvalue weighted by molar-refractivity contribution is -0.929. The molecule has 0 heterocycles. The van der Waals surface area contributed by atoms with Gasteiger partial charge in [-0.15, -0.1) is 0 Å². The second-order valence-corrected chi connectivity index (χ2v) is 8.88. The molecule has 0 aromatic heterocycles. The van der Waals surface area contributed by atoms with Crippen LogP contribution in [0.25, 0.3) is 0 Å². The molecule has 0 bridgehead atoms. The summed E-state index contributed by atoms with van der Waals surface area (Å²) in [6.45, 7) is 5.69. The van der Waals surface area contributed by atoms with E-state index in [0.717, 1.165) is 69.2 Å². The smallest absolute Gasteiger partial charge is 0.303 e. The summed E-state index contributed by atoms with van der Waals surface area (Å²) in [5, 5.41) is 28.7. The number of quaternary nitrogens is 1. The Kier molecular flexibility index (Phi) is 18.6. The molecule has 0 saturated carbocycles. The number of carbonyl (C=O) groups excluding carboxylic acids is 1. The molecule has 0 aromatic rings. The van der Waals surface area contributed by atoms with Gasteiger partial charge in [-0.25, -0.2) is 0 Å². The molecule has 186 valence electrons. The largest absolute Gasteiger partial charge is 0.550 e. The number of allylic oxidation sites excluding steroid dienone is 2. The van der Waals surface area contributed by atoms with Crippen molar-refractivity contribution in [1.82, 2.24) is 0 Å². The maximum atomic E-state index is 10.9. The van der Waals surface area contributed by atoms with Crippen LogP contribution in [0.3, 0.4) is 0 Å². The van der Waals surface area contributed by atoms with Crippen molar-refractivity contribution in [1.29, 1.82) is 0 Å². The summed E-state index contributed by atoms with van der Waals surface area (Å²) in [7, 11) is 0. The van der Waals surface area contributed by atoms with E-state index in [9.17, 15) is 19.5 Å². The van der Waals surface area contributed by atoms with Gasteiger partial charge in [0.15, 0.2) is 0 Å². The maximum absolute atomic E-state index is 10.9. The molecule has 2 N–H and O–H groups in total. The highest BCUT2D eigenvalue weighted by Gasteiger charge is 2.26. The minimum absolute atomic E-state index is 0.0541. The predicted molar refractivity (Wildman–Crippen MR) is 124 cm³/mol. The number of carboxylic acids is 3. The van der Waals surface area contributed by atoms with E-state index in [0.29, 0.717) is 19.3 Å². The average molecular weight is 456 g/mol. The Labute approximate surface area is 194 Å². The van der Waals surface area contributed by atoms with Crippen LogP contribution in [0.5, 0.6) is 0 Å². The first-order valence-corrected chi connectivity index (χ1v) is 12.4. The van der Waals surface area contributed by atoms with E-state index in [2.05, 4.69) is 19.1 Å². The van der Waals surface area contributed by atoms with Gasteiger partial charge >= 0.3 is 11.9 Å². The van der Waals surface area contributed by atoms with Gasteiger partial charge < -0.3 is 24.6 Å². The van der Waals surface area contributed by atoms with E-state index >= 15 is 0 Å². The molecule has 0 aromatic carbocycles. The van der Waals surface area contributed by atoms with Crippen LogP contribution in [0, 0.1) is 0 Å². The first-order chi connectivity index (χ1) is 15.3. The molecule has 0 saturated heterocycles. The van der Waals surface area contributed by atoms with Crippen molar-refractivity contribution in [3.63, 3.8) is 0 Å². The topological polar surface area (TPSA) is 115 Å². The van der Waals surface area contributed by atoms with Crippen molar-refractivity contribution in [3.05, 3.63) is 12.2 Å². The Morgan fingerprint density at radius 3 is 1.53 bits per heavy atom. The SMILES string of the molecule is CCCCC/C=C/CCC[N+](CCCCC(=O)[O-])(CCCCC(=O)O)CCCCC(=O)O. The molecule has 0 spiro atoms. The zero-order valence-corrected chi connectivity index (χ0v) is 20.1. The third-order valence-electron chi connectivity index (χ3n) is 5.95. The second kappa shape index (κ2) is 19.8. The van der Waals surface area contributed by atoms with Gasteiger partial charge in [0.2, 0.25) is 0 Å². The van der Waals surface area contributed by atoms with E-state index in [-0.39, 0.29) is 19.3 Å². The van der Waals surface area contributed by atoms with Crippen molar-refractivity contribution in [2.45, 2.75) is 103 Å². The molecule has 0 aliphatic rings. The van der Waals surface area contributed by atoms with Gasteiger partial charge in [-0.05, 0) is 64.2 Å². The molecule has 32 heavy (non-hydrogen) atoms. The molecule has 0 atom stereocenters. The summed E-state index contributed by atoms with van der Waals surface area (Å²) in [5.41, 5.74) is 0. The Morgan fingerprint density at radius 1 is 0.656 bits per heavy atom. The predicted octanol–water partition coefficient (Wildman–Crippen LogP) is 4.15. The number of unbranched alkanes of at least 4 members (excludes halogenated alkanes) is 7. The summed E-state index contributed by atoms with van der Waals surface area (Å²) in [6, 6.07) is 0. The summed E-state index contributed by atoms with van der Waals surface area (Å²) in [5.74, 6) is -2.60. The zero-order chi connectivity index (χ0) is 24.1. The Bertz CT molecular complexity index is 491. The third kappa shape index (κ3) is 18.8. The zero-order valence-electron chi connectivity index (χ0n) is 20.1. The fourth-order valence-corrected chi connectivity index (χ4v) is 4.13. The fourth-order valence-electron chi connectivity index (χ4n) is 4.13. The standard InChI is InChI=1S/C25H45NO6/c1-2-3-4-5-6-7-8-12-19-26(20-13-9-16-23(27)28,21-14-10-17-24(29)30)22-15-11-18-25(31)32/h6-7H,2-5,8-22H2,1H3,(H2-,27,28,29,30,31,32)/b7-6+. The molecule has 7 nitrogen and oxygen atoms in total. The lowest BCUT2D eigenvalue weighted by atomic mass is 10.1. The normalized spacial score (nSPS) is 11.8. The van der Waals surface area contributed by atoms with Gasteiger partial charge in [0, 0.05) is 25.2 Å². The summed E-state index contributed by atoms with van der Waals surface area (Å²) in [6.07, 6.45) is 15.9. The molecule has 0 aliphatic carbocycles. The summed E-state index contributed by atoms with van der Waals surface area (Å²) in [4.78, 5) is 32.5. The maximum Gasteiger partial charge on any atom is 0.303 e. The van der Waals surface area contributed by atoms with Crippen molar-refractivity contribution in [2.75, 3.05) is 26.2 Å². The third-order valence-corrected chi connectivity index (χ3v) is 5.95. The van der Waals surface area contributed by atoms with Gasteiger partial charge in [-0.1, -0.05) is 31.9 Å². The quantitative estimate of drug-likeness (QED) is 0.136. The van der Waals surface area contributed by atoms with Crippen LogP contribution in [0.4, 0.5) is 0 Å². The molecule has 0 rings (SSSR count). The molecular weight excluding hydrogens is 410 g/mol. The molecule has 0 fully saturated rings. The summed E-state index contributed by atoms with van der Waals surface area (Å²) >= 11 is 0. The van der Waals surface area contributed by atoms with Crippen LogP contribution in [-0.2, 0) is 14.4 Å². The second-order valence-electron chi connectivity index (χ2n) is 8.88. The van der Waals surface area contributed by atoms with Gasteiger partial charge in [0.1, 0.15) is 0 Å². The van der Waals surface area contributed by atoms with E-state index < -0.39 is 17.9 Å². The molecular formula is C25H45NO6. The molecule has 0 radical (unpaired) electrons. The van der Waals surface area contributed by atoms with Gasteiger partial charge in [-0.2, -0.15) is 0 Å². The van der Waals surface area contributed by atoms with Crippen molar-refractivity contribution >= 4 is 17.9 Å². The van der Waals surface area contributed by atoms with Gasteiger partial charge in [-0.3, -0.25) is 9.59 Å². The highest BCUT2D eigenvalue weighted by molar-refractivity contribution is 5.66. The lowest BCUT2D eigenvalue weighted by Gasteiger charge is -2.39. The van der Waals surface area contributed by atoms with Crippen molar-refractivity contribution < 1.29 is 34.2 Å².